The molecule has 1 heterocycles. The molecule has 144 valence electrons. The topological polar surface area (TPSA) is 84.0 Å². The van der Waals surface area contributed by atoms with Crippen molar-refractivity contribution in [2.24, 2.45) is 11.8 Å². The molecule has 0 saturated heterocycles. The van der Waals surface area contributed by atoms with Crippen LogP contribution < -0.4 is 10.6 Å². The molecule has 1 saturated carbocycles. The van der Waals surface area contributed by atoms with Crippen LogP contribution in [0.3, 0.4) is 0 Å². The van der Waals surface area contributed by atoms with Gasteiger partial charge in [-0.1, -0.05) is 67.9 Å². The van der Waals surface area contributed by atoms with Crippen LogP contribution in [0.15, 0.2) is 24.3 Å². The molecular formula is C20H26N4O2S. The molecule has 1 aromatic carbocycles. The van der Waals surface area contributed by atoms with Gasteiger partial charge in [-0.25, -0.2) is 0 Å². The molecule has 1 aliphatic rings. The molecule has 1 aromatic heterocycles. The zero-order valence-corrected chi connectivity index (χ0v) is 16.8. The Morgan fingerprint density at radius 1 is 1.11 bits per heavy atom. The van der Waals surface area contributed by atoms with E-state index >= 15 is 0 Å². The highest BCUT2D eigenvalue weighted by atomic mass is 32.1. The van der Waals surface area contributed by atoms with Gasteiger partial charge in [0, 0.05) is 11.5 Å². The van der Waals surface area contributed by atoms with Crippen molar-refractivity contribution in [3.05, 3.63) is 29.8 Å². The van der Waals surface area contributed by atoms with Gasteiger partial charge in [0.2, 0.25) is 16.9 Å². The number of amides is 2. The fraction of sp³-hybridized carbons (Fsp3) is 0.500. The lowest BCUT2D eigenvalue weighted by Crippen LogP contribution is -2.48. The average molecular weight is 387 g/mol. The minimum Gasteiger partial charge on any atom is -0.344 e. The Hall–Kier alpha value is -2.28. The number of aromatic nitrogens is 2. The predicted octanol–water partition coefficient (Wildman–Crippen LogP) is 3.78. The Labute approximate surface area is 163 Å². The lowest BCUT2D eigenvalue weighted by molar-refractivity contribution is -0.130. The summed E-state index contributed by atoms with van der Waals surface area (Å²) >= 11 is 1.33. The molecule has 1 atom stereocenters. The largest absolute Gasteiger partial charge is 0.344 e. The van der Waals surface area contributed by atoms with Crippen molar-refractivity contribution >= 4 is 28.3 Å². The SMILES string of the molecule is Cc1ccc(-c2nnc(NC(=O)[C@H](NC(=O)C3CCCC3)C(C)C)s2)cc1. The minimum absolute atomic E-state index is 0.0140. The van der Waals surface area contributed by atoms with Gasteiger partial charge < -0.3 is 5.32 Å². The van der Waals surface area contributed by atoms with Crippen molar-refractivity contribution in [2.75, 3.05) is 5.32 Å². The first kappa shape index (κ1) is 19.5. The number of rotatable bonds is 6. The van der Waals surface area contributed by atoms with Gasteiger partial charge in [0.05, 0.1) is 0 Å². The van der Waals surface area contributed by atoms with E-state index in [-0.39, 0.29) is 23.7 Å². The predicted molar refractivity (Wildman–Crippen MR) is 107 cm³/mol. The number of nitrogens with zero attached hydrogens (tertiary/aromatic N) is 2. The summed E-state index contributed by atoms with van der Waals surface area (Å²) in [6.45, 7) is 5.88. The van der Waals surface area contributed by atoms with Crippen molar-refractivity contribution in [2.45, 2.75) is 52.5 Å². The second-order valence-electron chi connectivity index (χ2n) is 7.48. The highest BCUT2D eigenvalue weighted by Crippen LogP contribution is 2.27. The molecular weight excluding hydrogens is 360 g/mol. The second-order valence-corrected chi connectivity index (χ2v) is 8.46. The molecule has 1 fully saturated rings. The van der Waals surface area contributed by atoms with E-state index in [9.17, 15) is 9.59 Å². The van der Waals surface area contributed by atoms with Gasteiger partial charge in [-0.3, -0.25) is 14.9 Å². The Kier molecular flexibility index (Phi) is 6.21. The van der Waals surface area contributed by atoms with E-state index in [2.05, 4.69) is 20.8 Å². The van der Waals surface area contributed by atoms with E-state index < -0.39 is 6.04 Å². The number of anilines is 1. The molecule has 2 aromatic rings. The molecule has 3 rings (SSSR count). The molecule has 2 N–H and O–H groups in total. The highest BCUT2D eigenvalue weighted by molar-refractivity contribution is 7.18. The summed E-state index contributed by atoms with van der Waals surface area (Å²) in [4.78, 5) is 25.1. The van der Waals surface area contributed by atoms with Gasteiger partial charge in [-0.2, -0.15) is 0 Å². The summed E-state index contributed by atoms with van der Waals surface area (Å²) in [7, 11) is 0. The van der Waals surface area contributed by atoms with Crippen LogP contribution in [0, 0.1) is 18.8 Å². The van der Waals surface area contributed by atoms with Gasteiger partial charge in [-0.15, -0.1) is 10.2 Å². The van der Waals surface area contributed by atoms with Crippen LogP contribution in [0.2, 0.25) is 0 Å². The number of nitrogens with one attached hydrogen (secondary N) is 2. The number of hydrogen-bond acceptors (Lipinski definition) is 5. The van der Waals surface area contributed by atoms with E-state index in [1.54, 1.807) is 0 Å². The maximum absolute atomic E-state index is 12.7. The number of hydrogen-bond donors (Lipinski definition) is 2. The average Bonchev–Trinajstić information content (AvgIpc) is 3.31. The minimum atomic E-state index is -0.579. The van der Waals surface area contributed by atoms with E-state index in [0.29, 0.717) is 5.13 Å². The van der Waals surface area contributed by atoms with Crippen LogP contribution in [-0.2, 0) is 9.59 Å². The summed E-state index contributed by atoms with van der Waals surface area (Å²) in [6, 6.07) is 7.43. The third-order valence-electron chi connectivity index (χ3n) is 4.93. The Balaban J connectivity index is 1.65. The van der Waals surface area contributed by atoms with Gasteiger partial charge in [0.15, 0.2) is 0 Å². The summed E-state index contributed by atoms with van der Waals surface area (Å²) in [6.07, 6.45) is 4.00. The molecule has 0 unspecified atom stereocenters. The fourth-order valence-corrected chi connectivity index (χ4v) is 4.02. The van der Waals surface area contributed by atoms with Crippen LogP contribution in [0.1, 0.15) is 45.1 Å². The normalized spacial score (nSPS) is 15.7. The third-order valence-corrected chi connectivity index (χ3v) is 5.81. The number of aryl methyl sites for hydroxylation is 1. The first-order valence-electron chi connectivity index (χ1n) is 9.46. The fourth-order valence-electron chi connectivity index (χ4n) is 3.26. The van der Waals surface area contributed by atoms with Crippen LogP contribution in [0.25, 0.3) is 10.6 Å². The molecule has 7 heteroatoms. The lowest BCUT2D eigenvalue weighted by Gasteiger charge is -2.22. The Bertz CT molecular complexity index is 795. The standard InChI is InChI=1S/C20H26N4O2S/c1-12(2)16(21-17(25)14-6-4-5-7-14)18(26)22-20-24-23-19(27-20)15-10-8-13(3)9-11-15/h8-12,14,16H,4-7H2,1-3H3,(H,21,25)(H,22,24,26)/t16-/m1/s1. The van der Waals surface area contributed by atoms with Crippen molar-refractivity contribution in [3.8, 4) is 10.6 Å². The van der Waals surface area contributed by atoms with Crippen LogP contribution in [-0.4, -0.2) is 28.1 Å². The molecule has 1 aliphatic carbocycles. The van der Waals surface area contributed by atoms with Crippen molar-refractivity contribution in [1.82, 2.24) is 15.5 Å². The number of carbonyl (C=O) groups excluding carboxylic acids is 2. The number of benzene rings is 1. The molecule has 0 aliphatic heterocycles. The van der Waals surface area contributed by atoms with E-state index in [4.69, 9.17) is 0 Å². The first-order chi connectivity index (χ1) is 12.9. The summed E-state index contributed by atoms with van der Waals surface area (Å²) < 4.78 is 0. The maximum atomic E-state index is 12.7. The van der Waals surface area contributed by atoms with Gasteiger partial charge in [0.25, 0.3) is 0 Å². The smallest absolute Gasteiger partial charge is 0.249 e. The lowest BCUT2D eigenvalue weighted by atomic mass is 10.0. The first-order valence-corrected chi connectivity index (χ1v) is 10.3. The Morgan fingerprint density at radius 2 is 1.78 bits per heavy atom. The second kappa shape index (κ2) is 8.61. The van der Waals surface area contributed by atoms with Crippen molar-refractivity contribution in [3.63, 3.8) is 0 Å². The van der Waals surface area contributed by atoms with Crippen molar-refractivity contribution < 1.29 is 9.59 Å². The Morgan fingerprint density at radius 3 is 2.41 bits per heavy atom. The van der Waals surface area contributed by atoms with Gasteiger partial charge in [-0.05, 0) is 25.7 Å². The van der Waals surface area contributed by atoms with Gasteiger partial charge in [0.1, 0.15) is 11.0 Å². The molecule has 2 amide bonds. The quantitative estimate of drug-likeness (QED) is 0.791. The third kappa shape index (κ3) is 4.91. The molecule has 0 spiro atoms. The summed E-state index contributed by atoms with van der Waals surface area (Å²) in [5, 5.41) is 15.2. The molecule has 27 heavy (non-hydrogen) atoms. The maximum Gasteiger partial charge on any atom is 0.249 e. The van der Waals surface area contributed by atoms with Gasteiger partial charge >= 0.3 is 0 Å². The monoisotopic (exact) mass is 386 g/mol. The van der Waals surface area contributed by atoms with Crippen LogP contribution >= 0.6 is 11.3 Å². The number of carbonyl (C=O) groups is 2. The zero-order valence-electron chi connectivity index (χ0n) is 16.0. The van der Waals surface area contributed by atoms with E-state index in [1.807, 2.05) is 45.0 Å². The zero-order chi connectivity index (χ0) is 19.4. The van der Waals surface area contributed by atoms with E-state index in [0.717, 1.165) is 36.3 Å². The summed E-state index contributed by atoms with van der Waals surface area (Å²) in [5.74, 6) is -0.240. The molecule has 0 radical (unpaired) electrons. The van der Waals surface area contributed by atoms with E-state index in [1.165, 1.54) is 16.9 Å². The molecule has 0 bridgehead atoms. The van der Waals surface area contributed by atoms with Crippen LogP contribution in [0.4, 0.5) is 5.13 Å². The van der Waals surface area contributed by atoms with Crippen molar-refractivity contribution in [1.29, 1.82) is 0 Å². The highest BCUT2D eigenvalue weighted by Gasteiger charge is 2.29. The summed E-state index contributed by atoms with van der Waals surface area (Å²) in [5.41, 5.74) is 2.14. The van der Waals surface area contributed by atoms with Crippen LogP contribution in [0.5, 0.6) is 0 Å². The molecule has 6 nitrogen and oxygen atoms in total.